The Bertz CT molecular complexity index is 417. The molecule has 3 heteroatoms. The second kappa shape index (κ2) is 4.55. The van der Waals surface area contributed by atoms with E-state index in [1.54, 1.807) is 11.0 Å². The van der Waals surface area contributed by atoms with E-state index in [1.807, 2.05) is 18.2 Å². The quantitative estimate of drug-likeness (QED) is 0.706. The van der Waals surface area contributed by atoms with Crippen molar-refractivity contribution in [3.8, 4) is 0 Å². The fourth-order valence-electron chi connectivity index (χ4n) is 1.48. The predicted octanol–water partition coefficient (Wildman–Crippen LogP) is 2.08. The standard InChI is InChI=1S/C12H13N3/c1-11(8-15-10-13-9-14-15)7-12-5-3-2-4-6-12/h2-6,9-10H,1,7-8H2. The van der Waals surface area contributed by atoms with Crippen LogP contribution in [0.2, 0.25) is 0 Å². The van der Waals surface area contributed by atoms with Crippen LogP contribution >= 0.6 is 0 Å². The zero-order chi connectivity index (χ0) is 10.5. The van der Waals surface area contributed by atoms with E-state index >= 15 is 0 Å². The lowest BCUT2D eigenvalue weighted by molar-refractivity contribution is 0.666. The van der Waals surface area contributed by atoms with Crippen LogP contribution < -0.4 is 0 Å². The van der Waals surface area contributed by atoms with Crippen LogP contribution in [0.25, 0.3) is 0 Å². The summed E-state index contributed by atoms with van der Waals surface area (Å²) in [6.07, 6.45) is 4.13. The van der Waals surface area contributed by atoms with Crippen LogP contribution in [0.5, 0.6) is 0 Å². The maximum absolute atomic E-state index is 4.04. The van der Waals surface area contributed by atoms with Crippen molar-refractivity contribution in [1.82, 2.24) is 14.8 Å². The van der Waals surface area contributed by atoms with Crippen LogP contribution in [0.1, 0.15) is 5.56 Å². The molecule has 0 bridgehead atoms. The topological polar surface area (TPSA) is 30.7 Å². The molecular formula is C12H13N3. The lowest BCUT2D eigenvalue weighted by atomic mass is 10.1. The van der Waals surface area contributed by atoms with E-state index in [0.717, 1.165) is 18.5 Å². The highest BCUT2D eigenvalue weighted by molar-refractivity contribution is 5.20. The molecule has 2 aromatic rings. The average Bonchev–Trinajstić information content (AvgIpc) is 2.71. The van der Waals surface area contributed by atoms with Crippen molar-refractivity contribution in [3.05, 3.63) is 60.7 Å². The first kappa shape index (κ1) is 9.65. The maximum Gasteiger partial charge on any atom is 0.137 e. The molecule has 0 saturated carbocycles. The SMILES string of the molecule is C=C(Cc1ccccc1)Cn1cncn1. The van der Waals surface area contributed by atoms with Gasteiger partial charge in [0.2, 0.25) is 0 Å². The predicted molar refractivity (Wildman–Crippen MR) is 59.3 cm³/mol. The first-order valence-corrected chi connectivity index (χ1v) is 4.87. The van der Waals surface area contributed by atoms with Crippen molar-refractivity contribution in [2.45, 2.75) is 13.0 Å². The molecule has 3 nitrogen and oxygen atoms in total. The lowest BCUT2D eigenvalue weighted by Gasteiger charge is -2.05. The minimum atomic E-state index is 0.731. The molecule has 2 rings (SSSR count). The van der Waals surface area contributed by atoms with Gasteiger partial charge in [0.05, 0.1) is 6.54 Å². The van der Waals surface area contributed by atoms with Crippen molar-refractivity contribution in [2.75, 3.05) is 0 Å². The smallest absolute Gasteiger partial charge is 0.137 e. The highest BCUT2D eigenvalue weighted by Gasteiger charge is 1.98. The van der Waals surface area contributed by atoms with Gasteiger partial charge < -0.3 is 0 Å². The zero-order valence-corrected chi connectivity index (χ0v) is 8.50. The molecule has 0 aliphatic rings. The molecule has 0 spiro atoms. The summed E-state index contributed by atoms with van der Waals surface area (Å²) >= 11 is 0. The molecule has 1 aromatic heterocycles. The average molecular weight is 199 g/mol. The van der Waals surface area contributed by atoms with E-state index in [9.17, 15) is 0 Å². The van der Waals surface area contributed by atoms with E-state index < -0.39 is 0 Å². The van der Waals surface area contributed by atoms with Gasteiger partial charge in [-0.2, -0.15) is 5.10 Å². The summed E-state index contributed by atoms with van der Waals surface area (Å²) < 4.78 is 1.78. The highest BCUT2D eigenvalue weighted by atomic mass is 15.3. The summed E-state index contributed by atoms with van der Waals surface area (Å²) in [5.41, 5.74) is 2.41. The van der Waals surface area contributed by atoms with Crippen molar-refractivity contribution >= 4 is 0 Å². The number of hydrogen-bond acceptors (Lipinski definition) is 2. The van der Waals surface area contributed by atoms with Crippen LogP contribution in [0.3, 0.4) is 0 Å². The minimum absolute atomic E-state index is 0.731. The van der Waals surface area contributed by atoms with Crippen LogP contribution in [0, 0.1) is 0 Å². The number of benzene rings is 1. The summed E-state index contributed by atoms with van der Waals surface area (Å²) in [7, 11) is 0. The van der Waals surface area contributed by atoms with Gasteiger partial charge in [0.15, 0.2) is 0 Å². The number of rotatable bonds is 4. The summed E-state index contributed by atoms with van der Waals surface area (Å²) in [6.45, 7) is 4.77. The van der Waals surface area contributed by atoms with Crippen molar-refractivity contribution < 1.29 is 0 Å². The zero-order valence-electron chi connectivity index (χ0n) is 8.50. The van der Waals surface area contributed by atoms with Gasteiger partial charge in [0.1, 0.15) is 12.7 Å². The Kier molecular flexibility index (Phi) is 2.93. The maximum atomic E-state index is 4.04. The van der Waals surface area contributed by atoms with E-state index in [4.69, 9.17) is 0 Å². The van der Waals surface area contributed by atoms with Crippen LogP contribution in [-0.2, 0) is 13.0 Å². The van der Waals surface area contributed by atoms with Crippen LogP contribution in [0.15, 0.2) is 55.1 Å². The summed E-state index contributed by atoms with van der Waals surface area (Å²) in [6, 6.07) is 10.3. The molecule has 0 atom stereocenters. The molecule has 0 aliphatic heterocycles. The monoisotopic (exact) mass is 199 g/mol. The van der Waals surface area contributed by atoms with Gasteiger partial charge in [-0.1, -0.05) is 42.5 Å². The van der Waals surface area contributed by atoms with E-state index in [-0.39, 0.29) is 0 Å². The van der Waals surface area contributed by atoms with E-state index in [0.29, 0.717) is 0 Å². The molecule has 76 valence electrons. The fraction of sp³-hybridized carbons (Fsp3) is 0.167. The molecule has 1 aromatic carbocycles. The normalized spacial score (nSPS) is 10.1. The molecule has 0 saturated heterocycles. The Balaban J connectivity index is 1.94. The second-order valence-corrected chi connectivity index (χ2v) is 3.51. The Hall–Kier alpha value is -1.90. The van der Waals surface area contributed by atoms with E-state index in [1.165, 1.54) is 11.9 Å². The number of aromatic nitrogens is 3. The Morgan fingerprint density at radius 3 is 2.73 bits per heavy atom. The third kappa shape index (κ3) is 2.77. The first-order valence-electron chi connectivity index (χ1n) is 4.87. The molecule has 0 N–H and O–H groups in total. The van der Waals surface area contributed by atoms with Gasteiger partial charge in [-0.05, 0) is 12.0 Å². The molecule has 15 heavy (non-hydrogen) atoms. The molecule has 0 aliphatic carbocycles. The number of hydrogen-bond donors (Lipinski definition) is 0. The third-order valence-electron chi connectivity index (χ3n) is 2.15. The summed E-state index contributed by atoms with van der Waals surface area (Å²) in [4.78, 5) is 3.89. The highest BCUT2D eigenvalue weighted by Crippen LogP contribution is 2.07. The van der Waals surface area contributed by atoms with Gasteiger partial charge in [-0.15, -0.1) is 0 Å². The number of allylic oxidation sites excluding steroid dienone is 1. The van der Waals surface area contributed by atoms with Crippen molar-refractivity contribution in [1.29, 1.82) is 0 Å². The van der Waals surface area contributed by atoms with Gasteiger partial charge in [0.25, 0.3) is 0 Å². The largest absolute Gasteiger partial charge is 0.249 e. The van der Waals surface area contributed by atoms with Crippen molar-refractivity contribution in [2.24, 2.45) is 0 Å². The first-order chi connectivity index (χ1) is 7.34. The van der Waals surface area contributed by atoms with Gasteiger partial charge in [0, 0.05) is 0 Å². The second-order valence-electron chi connectivity index (χ2n) is 3.51. The lowest BCUT2D eigenvalue weighted by Crippen LogP contribution is -2.02. The minimum Gasteiger partial charge on any atom is -0.249 e. The molecular weight excluding hydrogens is 186 g/mol. The van der Waals surface area contributed by atoms with Gasteiger partial charge in [-0.3, -0.25) is 0 Å². The molecule has 1 heterocycles. The summed E-state index contributed by atoms with van der Waals surface area (Å²) in [5.74, 6) is 0. The Labute approximate surface area is 89.1 Å². The molecule has 0 unspecified atom stereocenters. The molecule has 0 radical (unpaired) electrons. The summed E-state index contributed by atoms with van der Waals surface area (Å²) in [5, 5.41) is 4.04. The van der Waals surface area contributed by atoms with Gasteiger partial charge in [-0.25, -0.2) is 9.67 Å². The van der Waals surface area contributed by atoms with Crippen molar-refractivity contribution in [3.63, 3.8) is 0 Å². The molecule has 0 amide bonds. The van der Waals surface area contributed by atoms with E-state index in [2.05, 4.69) is 28.8 Å². The Morgan fingerprint density at radius 1 is 1.27 bits per heavy atom. The molecule has 0 fully saturated rings. The number of nitrogens with zero attached hydrogens (tertiary/aromatic N) is 3. The van der Waals surface area contributed by atoms with Crippen LogP contribution in [-0.4, -0.2) is 14.8 Å². The van der Waals surface area contributed by atoms with Crippen LogP contribution in [0.4, 0.5) is 0 Å². The Morgan fingerprint density at radius 2 is 2.07 bits per heavy atom. The third-order valence-corrected chi connectivity index (χ3v) is 2.15. The van der Waals surface area contributed by atoms with Gasteiger partial charge >= 0.3 is 0 Å². The fourth-order valence-corrected chi connectivity index (χ4v) is 1.48.